The van der Waals surface area contributed by atoms with Gasteiger partial charge in [0.2, 0.25) is 0 Å². The van der Waals surface area contributed by atoms with Crippen molar-refractivity contribution in [3.8, 4) is 0 Å². The molecule has 1 radical (unpaired) electrons. The first-order valence-corrected chi connectivity index (χ1v) is 4.13. The van der Waals surface area contributed by atoms with Gasteiger partial charge >= 0.3 is 0 Å². The van der Waals surface area contributed by atoms with E-state index >= 15 is 0 Å². The van der Waals surface area contributed by atoms with Gasteiger partial charge in [-0.05, 0) is 44.7 Å². The topological polar surface area (TPSA) is 33.4 Å². The predicted octanol–water partition coefficient (Wildman–Crippen LogP) is 1.88. The molecule has 1 aromatic heterocycles. The first kappa shape index (κ1) is 9.33. The van der Waals surface area contributed by atoms with Crippen molar-refractivity contribution in [2.75, 3.05) is 6.61 Å². The van der Waals surface area contributed by atoms with Gasteiger partial charge < -0.3 is 9.52 Å². The lowest BCUT2D eigenvalue weighted by atomic mass is 10.0. The van der Waals surface area contributed by atoms with Crippen LogP contribution in [0.3, 0.4) is 0 Å². The summed E-state index contributed by atoms with van der Waals surface area (Å²) in [6.07, 6.45) is 0.791. The molecule has 0 aliphatic carbocycles. The van der Waals surface area contributed by atoms with Gasteiger partial charge in [0.05, 0.1) is 0 Å². The van der Waals surface area contributed by atoms with E-state index < -0.39 is 0 Å². The zero-order valence-electron chi connectivity index (χ0n) is 7.63. The lowest BCUT2D eigenvalue weighted by Crippen LogP contribution is -2.04. The van der Waals surface area contributed by atoms with E-state index in [2.05, 4.69) is 6.92 Å². The molecule has 0 amide bonds. The molecule has 1 heterocycles. The van der Waals surface area contributed by atoms with Crippen LogP contribution in [0.2, 0.25) is 0 Å². The highest BCUT2D eigenvalue weighted by molar-refractivity contribution is 5.20. The molecule has 2 nitrogen and oxygen atoms in total. The standard InChI is InChI=1S/C10H15O2/c1-7(6-11)4-10-5-8(2)12-9(10)3/h5,7,11H,1,4,6H2,2-3H3. The van der Waals surface area contributed by atoms with Gasteiger partial charge in [-0.25, -0.2) is 0 Å². The van der Waals surface area contributed by atoms with E-state index in [1.54, 1.807) is 0 Å². The highest BCUT2D eigenvalue weighted by Gasteiger charge is 2.08. The van der Waals surface area contributed by atoms with Crippen molar-refractivity contribution in [1.29, 1.82) is 0 Å². The Hall–Kier alpha value is -0.760. The number of aryl methyl sites for hydroxylation is 2. The Morgan fingerprint density at radius 2 is 2.25 bits per heavy atom. The summed E-state index contributed by atoms with van der Waals surface area (Å²) in [6.45, 7) is 7.80. The van der Waals surface area contributed by atoms with Crippen molar-refractivity contribution in [3.63, 3.8) is 0 Å². The number of furan rings is 1. The molecule has 2 heteroatoms. The van der Waals surface area contributed by atoms with Crippen LogP contribution in [0.25, 0.3) is 0 Å². The van der Waals surface area contributed by atoms with Gasteiger partial charge in [-0.2, -0.15) is 0 Å². The third-order valence-electron chi connectivity index (χ3n) is 1.91. The number of rotatable bonds is 3. The van der Waals surface area contributed by atoms with Crippen LogP contribution in [0.4, 0.5) is 0 Å². The molecule has 0 aliphatic rings. The summed E-state index contributed by atoms with van der Waals surface area (Å²) < 4.78 is 5.35. The van der Waals surface area contributed by atoms with Gasteiger partial charge in [0.1, 0.15) is 11.5 Å². The second kappa shape index (κ2) is 3.76. The van der Waals surface area contributed by atoms with Crippen LogP contribution < -0.4 is 0 Å². The Labute approximate surface area is 73.2 Å². The zero-order chi connectivity index (χ0) is 9.14. The van der Waals surface area contributed by atoms with E-state index in [-0.39, 0.29) is 12.5 Å². The third-order valence-corrected chi connectivity index (χ3v) is 1.91. The van der Waals surface area contributed by atoms with Crippen LogP contribution >= 0.6 is 0 Å². The predicted molar refractivity (Wildman–Crippen MR) is 47.8 cm³/mol. The molecule has 67 valence electrons. The summed E-state index contributed by atoms with van der Waals surface area (Å²) >= 11 is 0. The summed E-state index contributed by atoms with van der Waals surface area (Å²) in [5.41, 5.74) is 1.15. The lowest BCUT2D eigenvalue weighted by Gasteiger charge is -2.04. The highest BCUT2D eigenvalue weighted by Crippen LogP contribution is 2.17. The maximum atomic E-state index is 8.80. The maximum absolute atomic E-state index is 8.80. The van der Waals surface area contributed by atoms with Crippen molar-refractivity contribution in [1.82, 2.24) is 0 Å². The van der Waals surface area contributed by atoms with Crippen LogP contribution in [-0.4, -0.2) is 11.7 Å². The fourth-order valence-corrected chi connectivity index (χ4v) is 1.26. The minimum Gasteiger partial charge on any atom is -0.466 e. The molecule has 0 spiro atoms. The molecule has 0 aromatic carbocycles. The van der Waals surface area contributed by atoms with Gasteiger partial charge in [-0.15, -0.1) is 0 Å². The van der Waals surface area contributed by atoms with Crippen LogP contribution in [0.1, 0.15) is 17.1 Å². The fourth-order valence-electron chi connectivity index (χ4n) is 1.26. The van der Waals surface area contributed by atoms with E-state index in [0.29, 0.717) is 0 Å². The molecular formula is C10H15O2. The number of hydrogen-bond acceptors (Lipinski definition) is 2. The van der Waals surface area contributed by atoms with Crippen LogP contribution in [-0.2, 0) is 6.42 Å². The molecule has 1 aromatic rings. The molecule has 0 aliphatic heterocycles. The molecule has 0 fully saturated rings. The Kier molecular flexibility index (Phi) is 2.93. The molecule has 12 heavy (non-hydrogen) atoms. The summed E-state index contributed by atoms with van der Waals surface area (Å²) in [5, 5.41) is 8.80. The largest absolute Gasteiger partial charge is 0.466 e. The van der Waals surface area contributed by atoms with E-state index in [9.17, 15) is 0 Å². The minimum atomic E-state index is 0.0701. The minimum absolute atomic E-state index is 0.0701. The van der Waals surface area contributed by atoms with Crippen LogP contribution in [0.5, 0.6) is 0 Å². The van der Waals surface area contributed by atoms with Gasteiger partial charge in [-0.3, -0.25) is 0 Å². The van der Waals surface area contributed by atoms with Crippen molar-refractivity contribution in [2.45, 2.75) is 20.3 Å². The molecule has 0 bridgehead atoms. The maximum Gasteiger partial charge on any atom is 0.104 e. The second-order valence-electron chi connectivity index (χ2n) is 3.19. The molecule has 1 atom stereocenters. The number of hydrogen-bond donors (Lipinski definition) is 1. The van der Waals surface area contributed by atoms with Crippen LogP contribution in [0, 0.1) is 26.7 Å². The molecular weight excluding hydrogens is 152 g/mol. The molecule has 1 N–H and O–H groups in total. The fraction of sp³-hybridized carbons (Fsp3) is 0.500. The van der Waals surface area contributed by atoms with E-state index in [4.69, 9.17) is 9.52 Å². The summed E-state index contributed by atoms with van der Waals surface area (Å²) in [7, 11) is 0. The second-order valence-corrected chi connectivity index (χ2v) is 3.19. The third kappa shape index (κ3) is 2.11. The summed E-state index contributed by atoms with van der Waals surface area (Å²) in [4.78, 5) is 0. The van der Waals surface area contributed by atoms with Gasteiger partial charge in [-0.1, -0.05) is 0 Å². The normalized spacial score (nSPS) is 13.3. The first-order valence-electron chi connectivity index (χ1n) is 4.13. The van der Waals surface area contributed by atoms with Crippen LogP contribution in [0.15, 0.2) is 10.5 Å². The molecule has 1 rings (SSSR count). The van der Waals surface area contributed by atoms with Crippen molar-refractivity contribution in [3.05, 3.63) is 30.1 Å². The Balaban J connectivity index is 2.68. The van der Waals surface area contributed by atoms with E-state index in [1.165, 1.54) is 0 Å². The van der Waals surface area contributed by atoms with Gasteiger partial charge in [0.15, 0.2) is 0 Å². The first-order chi connectivity index (χ1) is 5.63. The Bertz CT molecular complexity index is 250. The Morgan fingerprint density at radius 3 is 2.67 bits per heavy atom. The van der Waals surface area contributed by atoms with Crippen molar-refractivity contribution in [2.24, 2.45) is 5.92 Å². The number of aliphatic hydroxyl groups is 1. The lowest BCUT2D eigenvalue weighted by molar-refractivity contribution is 0.250. The van der Waals surface area contributed by atoms with E-state index in [1.807, 2.05) is 19.9 Å². The Morgan fingerprint density at radius 1 is 1.58 bits per heavy atom. The number of aliphatic hydroxyl groups excluding tert-OH is 1. The quantitative estimate of drug-likeness (QED) is 0.745. The molecule has 0 saturated heterocycles. The monoisotopic (exact) mass is 167 g/mol. The SMILES string of the molecule is [CH2]C(CO)Cc1cc(C)oc1C. The zero-order valence-corrected chi connectivity index (χ0v) is 7.63. The summed E-state index contributed by atoms with van der Waals surface area (Å²) in [5.74, 6) is 1.93. The summed E-state index contributed by atoms with van der Waals surface area (Å²) in [6, 6.07) is 2.00. The molecule has 0 saturated carbocycles. The van der Waals surface area contributed by atoms with Crippen molar-refractivity contribution >= 4 is 0 Å². The average molecular weight is 167 g/mol. The van der Waals surface area contributed by atoms with Gasteiger partial charge in [0, 0.05) is 6.61 Å². The molecule has 1 unspecified atom stereocenters. The smallest absolute Gasteiger partial charge is 0.104 e. The average Bonchev–Trinajstić information content (AvgIpc) is 2.30. The van der Waals surface area contributed by atoms with Gasteiger partial charge in [0.25, 0.3) is 0 Å². The highest BCUT2D eigenvalue weighted by atomic mass is 16.3. The van der Waals surface area contributed by atoms with E-state index in [0.717, 1.165) is 23.5 Å². The van der Waals surface area contributed by atoms with Crippen molar-refractivity contribution < 1.29 is 9.52 Å².